The summed E-state index contributed by atoms with van der Waals surface area (Å²) in [6.07, 6.45) is 1.91. The van der Waals surface area contributed by atoms with E-state index in [-0.39, 0.29) is 12.0 Å². The zero-order valence-electron chi connectivity index (χ0n) is 15.9. The second-order valence-corrected chi connectivity index (χ2v) is 8.71. The molecule has 8 nitrogen and oxygen atoms in total. The average Bonchev–Trinajstić information content (AvgIpc) is 3.24. The molecule has 28 heavy (non-hydrogen) atoms. The summed E-state index contributed by atoms with van der Waals surface area (Å²) in [5.41, 5.74) is 2.53. The molecule has 0 bridgehead atoms. The molecule has 4 rings (SSSR count). The van der Waals surface area contributed by atoms with Crippen molar-refractivity contribution >= 4 is 39.5 Å². The van der Waals surface area contributed by atoms with Gasteiger partial charge in [0.15, 0.2) is 5.13 Å². The van der Waals surface area contributed by atoms with Crippen LogP contribution in [0.15, 0.2) is 24.5 Å². The van der Waals surface area contributed by atoms with E-state index < -0.39 is 5.60 Å². The zero-order valence-corrected chi connectivity index (χ0v) is 16.7. The number of nitrogens with zero attached hydrogens (tertiary/aromatic N) is 3. The molecule has 2 aromatic heterocycles. The lowest BCUT2D eigenvalue weighted by Crippen LogP contribution is -2.39. The van der Waals surface area contributed by atoms with Crippen molar-refractivity contribution in [3.05, 3.63) is 40.7 Å². The molecular formula is C19H21N5O3S. The minimum Gasteiger partial charge on any atom is -0.444 e. The van der Waals surface area contributed by atoms with Gasteiger partial charge in [-0.2, -0.15) is 0 Å². The Labute approximate surface area is 165 Å². The highest BCUT2D eigenvalue weighted by Gasteiger charge is 2.28. The van der Waals surface area contributed by atoms with Crippen molar-refractivity contribution in [2.24, 2.45) is 0 Å². The van der Waals surface area contributed by atoms with Crippen LogP contribution in [0.2, 0.25) is 0 Å². The molecule has 1 aliphatic heterocycles. The molecule has 0 saturated carbocycles. The lowest BCUT2D eigenvalue weighted by Gasteiger charge is -2.29. The van der Waals surface area contributed by atoms with Crippen LogP contribution in [0.25, 0.3) is 11.0 Å². The van der Waals surface area contributed by atoms with Crippen molar-refractivity contribution in [2.75, 3.05) is 11.9 Å². The van der Waals surface area contributed by atoms with Gasteiger partial charge in [0.1, 0.15) is 5.60 Å². The number of benzene rings is 1. The van der Waals surface area contributed by atoms with Crippen molar-refractivity contribution in [1.82, 2.24) is 19.9 Å². The summed E-state index contributed by atoms with van der Waals surface area (Å²) in [4.78, 5) is 39.2. The van der Waals surface area contributed by atoms with Gasteiger partial charge in [-0.05, 0) is 39.0 Å². The Balaban J connectivity index is 1.45. The van der Waals surface area contributed by atoms with Crippen LogP contribution >= 0.6 is 11.3 Å². The number of amides is 2. The minimum atomic E-state index is -0.528. The maximum atomic E-state index is 12.6. The van der Waals surface area contributed by atoms with E-state index in [1.165, 1.54) is 11.3 Å². The van der Waals surface area contributed by atoms with Gasteiger partial charge in [-0.1, -0.05) is 11.3 Å². The van der Waals surface area contributed by atoms with Crippen LogP contribution in [-0.2, 0) is 17.7 Å². The van der Waals surface area contributed by atoms with Crippen LogP contribution in [0.1, 0.15) is 41.7 Å². The zero-order chi connectivity index (χ0) is 19.9. The molecule has 0 fully saturated rings. The smallest absolute Gasteiger partial charge is 0.410 e. The molecule has 0 spiro atoms. The number of thiazole rings is 1. The fourth-order valence-electron chi connectivity index (χ4n) is 2.98. The summed E-state index contributed by atoms with van der Waals surface area (Å²) < 4.78 is 5.44. The van der Waals surface area contributed by atoms with Crippen LogP contribution in [0.5, 0.6) is 0 Å². The van der Waals surface area contributed by atoms with E-state index in [0.717, 1.165) is 21.6 Å². The summed E-state index contributed by atoms with van der Waals surface area (Å²) in [5, 5.41) is 3.39. The van der Waals surface area contributed by atoms with Crippen molar-refractivity contribution in [2.45, 2.75) is 39.3 Å². The van der Waals surface area contributed by atoms with E-state index in [1.54, 1.807) is 29.4 Å². The first-order chi connectivity index (χ1) is 13.3. The number of H-pyrrole nitrogens is 1. The van der Waals surface area contributed by atoms with Gasteiger partial charge in [0.05, 0.1) is 29.6 Å². The Bertz CT molecular complexity index is 1050. The third-order valence-electron chi connectivity index (χ3n) is 4.29. The number of ether oxygens (including phenoxy) is 1. The van der Waals surface area contributed by atoms with E-state index in [2.05, 4.69) is 20.3 Å². The van der Waals surface area contributed by atoms with Crippen LogP contribution in [0.3, 0.4) is 0 Å². The molecule has 2 N–H and O–H groups in total. The first kappa shape index (κ1) is 18.4. The molecule has 146 valence electrons. The summed E-state index contributed by atoms with van der Waals surface area (Å²) in [7, 11) is 0. The average molecular weight is 399 g/mol. The molecule has 1 aromatic carbocycles. The third kappa shape index (κ3) is 3.84. The lowest BCUT2D eigenvalue weighted by molar-refractivity contribution is 0.0225. The number of anilines is 1. The Hall–Kier alpha value is -2.94. The van der Waals surface area contributed by atoms with E-state index >= 15 is 0 Å². The van der Waals surface area contributed by atoms with Gasteiger partial charge < -0.3 is 14.6 Å². The van der Waals surface area contributed by atoms with Gasteiger partial charge in [-0.3, -0.25) is 10.1 Å². The fourth-order valence-corrected chi connectivity index (χ4v) is 4.00. The van der Waals surface area contributed by atoms with Crippen LogP contribution in [0, 0.1) is 0 Å². The van der Waals surface area contributed by atoms with Gasteiger partial charge in [-0.25, -0.2) is 14.8 Å². The molecule has 1 aliphatic rings. The largest absolute Gasteiger partial charge is 0.444 e. The highest BCUT2D eigenvalue weighted by atomic mass is 32.1. The molecule has 0 radical (unpaired) electrons. The number of hydrogen-bond donors (Lipinski definition) is 2. The number of carbonyl (C=O) groups is 2. The second kappa shape index (κ2) is 6.90. The number of carbonyl (C=O) groups excluding carboxylic acids is 2. The first-order valence-corrected chi connectivity index (χ1v) is 9.81. The Morgan fingerprint density at radius 2 is 2.14 bits per heavy atom. The van der Waals surface area contributed by atoms with E-state index in [0.29, 0.717) is 30.2 Å². The number of aromatic nitrogens is 3. The number of imidazole rings is 1. The maximum absolute atomic E-state index is 12.6. The van der Waals surface area contributed by atoms with E-state index in [4.69, 9.17) is 4.74 Å². The highest BCUT2D eigenvalue weighted by molar-refractivity contribution is 7.15. The predicted octanol–water partition coefficient (Wildman–Crippen LogP) is 3.56. The van der Waals surface area contributed by atoms with Crippen LogP contribution < -0.4 is 5.32 Å². The summed E-state index contributed by atoms with van der Waals surface area (Å²) >= 11 is 1.39. The molecule has 2 amide bonds. The predicted molar refractivity (Wildman–Crippen MR) is 107 cm³/mol. The van der Waals surface area contributed by atoms with Crippen LogP contribution in [-0.4, -0.2) is 44.0 Å². The Kier molecular flexibility index (Phi) is 4.54. The fraction of sp³-hybridized carbons (Fsp3) is 0.368. The molecule has 0 unspecified atom stereocenters. The van der Waals surface area contributed by atoms with Gasteiger partial charge in [0.25, 0.3) is 5.91 Å². The molecule has 3 aromatic rings. The van der Waals surface area contributed by atoms with Gasteiger partial charge in [-0.15, -0.1) is 0 Å². The number of nitrogens with one attached hydrogen (secondary N) is 2. The van der Waals surface area contributed by atoms with Gasteiger partial charge >= 0.3 is 6.09 Å². The quantitative estimate of drug-likeness (QED) is 0.686. The summed E-state index contributed by atoms with van der Waals surface area (Å²) in [5.74, 6) is -0.230. The number of fused-ring (bicyclic) bond motifs is 2. The van der Waals surface area contributed by atoms with Crippen molar-refractivity contribution in [3.63, 3.8) is 0 Å². The Morgan fingerprint density at radius 3 is 2.93 bits per heavy atom. The number of rotatable bonds is 2. The van der Waals surface area contributed by atoms with Gasteiger partial charge in [0.2, 0.25) is 0 Å². The summed E-state index contributed by atoms with van der Waals surface area (Å²) in [6.45, 7) is 6.54. The molecular weight excluding hydrogens is 378 g/mol. The van der Waals surface area contributed by atoms with Crippen LogP contribution in [0.4, 0.5) is 9.93 Å². The topological polar surface area (TPSA) is 100 Å². The normalized spacial score (nSPS) is 14.0. The molecule has 0 atom stereocenters. The maximum Gasteiger partial charge on any atom is 0.410 e. The second-order valence-electron chi connectivity index (χ2n) is 7.63. The summed E-state index contributed by atoms with van der Waals surface area (Å²) in [6, 6.07) is 5.29. The number of hydrogen-bond acceptors (Lipinski definition) is 6. The van der Waals surface area contributed by atoms with E-state index in [9.17, 15) is 9.59 Å². The molecule has 0 aliphatic carbocycles. The van der Waals surface area contributed by atoms with Crippen molar-refractivity contribution in [3.8, 4) is 0 Å². The monoisotopic (exact) mass is 399 g/mol. The SMILES string of the molecule is CC(C)(C)OC(=O)N1CCc2nc(NC(=O)c3ccc4nc[nH]c4c3)sc2C1. The van der Waals surface area contributed by atoms with E-state index in [1.807, 2.05) is 20.8 Å². The third-order valence-corrected chi connectivity index (χ3v) is 5.28. The molecule has 9 heteroatoms. The molecule has 3 heterocycles. The van der Waals surface area contributed by atoms with Crippen molar-refractivity contribution in [1.29, 1.82) is 0 Å². The standard InChI is InChI=1S/C19H21N5O3S/c1-19(2,3)27-18(26)24-7-6-13-15(9-24)28-17(22-13)23-16(25)11-4-5-12-14(8-11)21-10-20-12/h4-5,8,10H,6-7,9H2,1-3H3,(H,20,21)(H,22,23,25). The van der Waals surface area contributed by atoms with Crippen molar-refractivity contribution < 1.29 is 14.3 Å². The highest BCUT2D eigenvalue weighted by Crippen LogP contribution is 2.29. The van der Waals surface area contributed by atoms with Gasteiger partial charge in [0, 0.05) is 23.4 Å². The minimum absolute atomic E-state index is 0.230. The number of aromatic amines is 1. The lowest BCUT2D eigenvalue weighted by atomic mass is 10.2. The molecule has 0 saturated heterocycles. The Morgan fingerprint density at radius 1 is 1.32 bits per heavy atom. The first-order valence-electron chi connectivity index (χ1n) is 8.99.